The maximum atomic E-state index is 11.8. The van der Waals surface area contributed by atoms with Crippen molar-refractivity contribution in [2.45, 2.75) is 95.9 Å². The van der Waals surface area contributed by atoms with E-state index in [0.717, 1.165) is 19.3 Å². The van der Waals surface area contributed by atoms with Gasteiger partial charge in [-0.05, 0) is 52.9 Å². The molecule has 2 rings (SSSR count). The summed E-state index contributed by atoms with van der Waals surface area (Å²) in [5.74, 6) is 0. The van der Waals surface area contributed by atoms with Crippen LogP contribution in [0.4, 0.5) is 4.79 Å². The lowest BCUT2D eigenvalue weighted by atomic mass is 9.95. The van der Waals surface area contributed by atoms with Gasteiger partial charge in [-0.2, -0.15) is 0 Å². The second-order valence-electron chi connectivity index (χ2n) is 7.35. The molecule has 2 aliphatic rings. The first-order valence-electron chi connectivity index (χ1n) is 8.18. The highest BCUT2D eigenvalue weighted by atomic mass is 16.6. The summed E-state index contributed by atoms with van der Waals surface area (Å²) < 4.78 is 5.31. The SMILES string of the molecule is CC(C)(C)OC(=O)NC1CCC(NC2CCCCC2)C1. The molecule has 2 unspecified atom stereocenters. The topological polar surface area (TPSA) is 50.4 Å². The average Bonchev–Trinajstić information content (AvgIpc) is 2.75. The molecule has 0 aromatic heterocycles. The molecule has 2 aliphatic carbocycles. The number of nitrogens with one attached hydrogen (secondary N) is 2. The van der Waals surface area contributed by atoms with Crippen LogP contribution in [0.25, 0.3) is 0 Å². The number of hydrogen-bond donors (Lipinski definition) is 2. The number of ether oxygens (including phenoxy) is 1. The molecule has 2 saturated carbocycles. The highest BCUT2D eigenvalue weighted by Crippen LogP contribution is 2.24. The van der Waals surface area contributed by atoms with Crippen LogP contribution in [0, 0.1) is 0 Å². The smallest absolute Gasteiger partial charge is 0.407 e. The Balaban J connectivity index is 1.68. The molecule has 0 bridgehead atoms. The zero-order chi connectivity index (χ0) is 14.6. The second kappa shape index (κ2) is 6.79. The van der Waals surface area contributed by atoms with Gasteiger partial charge in [0, 0.05) is 18.1 Å². The number of hydrogen-bond acceptors (Lipinski definition) is 3. The third-order valence-corrected chi connectivity index (χ3v) is 4.23. The molecule has 0 spiro atoms. The van der Waals surface area contributed by atoms with Gasteiger partial charge in [-0.1, -0.05) is 19.3 Å². The van der Waals surface area contributed by atoms with Crippen molar-refractivity contribution < 1.29 is 9.53 Å². The molecule has 0 aromatic carbocycles. The minimum Gasteiger partial charge on any atom is -0.444 e. The van der Waals surface area contributed by atoms with E-state index in [1.165, 1.54) is 32.1 Å². The first-order chi connectivity index (χ1) is 9.42. The first-order valence-corrected chi connectivity index (χ1v) is 8.18. The van der Waals surface area contributed by atoms with E-state index in [4.69, 9.17) is 4.74 Å². The van der Waals surface area contributed by atoms with Crippen molar-refractivity contribution in [3.63, 3.8) is 0 Å². The van der Waals surface area contributed by atoms with Crippen LogP contribution < -0.4 is 10.6 Å². The maximum Gasteiger partial charge on any atom is 0.407 e. The number of amides is 1. The molecule has 2 fully saturated rings. The van der Waals surface area contributed by atoms with Gasteiger partial charge in [0.25, 0.3) is 0 Å². The van der Waals surface area contributed by atoms with E-state index in [2.05, 4.69) is 10.6 Å². The number of carbonyl (C=O) groups excluding carboxylic acids is 1. The molecule has 20 heavy (non-hydrogen) atoms. The molecular weight excluding hydrogens is 252 g/mol. The van der Waals surface area contributed by atoms with E-state index < -0.39 is 5.60 Å². The van der Waals surface area contributed by atoms with Crippen molar-refractivity contribution in [3.05, 3.63) is 0 Å². The Morgan fingerprint density at radius 3 is 2.25 bits per heavy atom. The van der Waals surface area contributed by atoms with Crippen LogP contribution in [0.1, 0.15) is 72.1 Å². The molecule has 0 aliphatic heterocycles. The highest BCUT2D eigenvalue weighted by molar-refractivity contribution is 5.68. The standard InChI is InChI=1S/C16H30N2O2/c1-16(2,3)20-15(19)18-14-10-9-13(11-14)17-12-7-5-4-6-8-12/h12-14,17H,4-11H2,1-3H3,(H,18,19). The van der Waals surface area contributed by atoms with E-state index in [-0.39, 0.29) is 12.1 Å². The number of rotatable bonds is 3. The second-order valence-corrected chi connectivity index (χ2v) is 7.35. The Kier molecular flexibility index (Phi) is 5.30. The lowest BCUT2D eigenvalue weighted by molar-refractivity contribution is 0.0505. The van der Waals surface area contributed by atoms with E-state index in [1.807, 2.05) is 20.8 Å². The zero-order valence-electron chi connectivity index (χ0n) is 13.2. The molecular formula is C16H30N2O2. The molecule has 0 saturated heterocycles. The summed E-state index contributed by atoms with van der Waals surface area (Å²) in [6.45, 7) is 5.69. The molecule has 4 nitrogen and oxygen atoms in total. The van der Waals surface area contributed by atoms with E-state index in [9.17, 15) is 4.79 Å². The molecule has 2 N–H and O–H groups in total. The summed E-state index contributed by atoms with van der Waals surface area (Å²) in [6.07, 6.45) is 9.75. The Hall–Kier alpha value is -0.770. The average molecular weight is 282 g/mol. The lowest BCUT2D eigenvalue weighted by Crippen LogP contribution is -2.41. The molecule has 0 heterocycles. The van der Waals surface area contributed by atoms with Gasteiger partial charge in [-0.3, -0.25) is 0 Å². The third kappa shape index (κ3) is 5.31. The van der Waals surface area contributed by atoms with Crippen LogP contribution in [-0.2, 0) is 4.74 Å². The predicted octanol–water partition coefficient (Wildman–Crippen LogP) is 3.35. The van der Waals surface area contributed by atoms with Gasteiger partial charge in [0.1, 0.15) is 5.60 Å². The van der Waals surface area contributed by atoms with Gasteiger partial charge in [-0.15, -0.1) is 0 Å². The fourth-order valence-corrected chi connectivity index (χ4v) is 3.34. The Bertz CT molecular complexity index is 319. The highest BCUT2D eigenvalue weighted by Gasteiger charge is 2.29. The molecule has 4 heteroatoms. The van der Waals surface area contributed by atoms with Crippen molar-refractivity contribution in [1.82, 2.24) is 10.6 Å². The van der Waals surface area contributed by atoms with E-state index in [1.54, 1.807) is 0 Å². The van der Waals surface area contributed by atoms with Crippen LogP contribution in [0.5, 0.6) is 0 Å². The van der Waals surface area contributed by atoms with Gasteiger partial charge in [0.2, 0.25) is 0 Å². The van der Waals surface area contributed by atoms with Crippen molar-refractivity contribution in [3.8, 4) is 0 Å². The third-order valence-electron chi connectivity index (χ3n) is 4.23. The summed E-state index contributed by atoms with van der Waals surface area (Å²) >= 11 is 0. The molecule has 0 aromatic rings. The summed E-state index contributed by atoms with van der Waals surface area (Å²) in [5, 5.41) is 6.78. The van der Waals surface area contributed by atoms with Crippen molar-refractivity contribution in [1.29, 1.82) is 0 Å². The zero-order valence-corrected chi connectivity index (χ0v) is 13.2. The Morgan fingerprint density at radius 2 is 1.60 bits per heavy atom. The molecule has 0 radical (unpaired) electrons. The molecule has 116 valence electrons. The van der Waals surface area contributed by atoms with Gasteiger partial charge in [0.15, 0.2) is 0 Å². The summed E-state index contributed by atoms with van der Waals surface area (Å²) in [5.41, 5.74) is -0.414. The fourth-order valence-electron chi connectivity index (χ4n) is 3.34. The maximum absolute atomic E-state index is 11.8. The quantitative estimate of drug-likeness (QED) is 0.834. The van der Waals surface area contributed by atoms with Gasteiger partial charge < -0.3 is 15.4 Å². The summed E-state index contributed by atoms with van der Waals surface area (Å²) in [6, 6.07) is 1.54. The monoisotopic (exact) mass is 282 g/mol. The normalized spacial score (nSPS) is 28.4. The Morgan fingerprint density at radius 1 is 0.950 bits per heavy atom. The number of carbonyl (C=O) groups is 1. The summed E-state index contributed by atoms with van der Waals surface area (Å²) in [7, 11) is 0. The lowest BCUT2D eigenvalue weighted by Gasteiger charge is -2.26. The van der Waals surface area contributed by atoms with Crippen molar-refractivity contribution in [2.75, 3.05) is 0 Å². The fraction of sp³-hybridized carbons (Fsp3) is 0.938. The van der Waals surface area contributed by atoms with Crippen LogP contribution in [-0.4, -0.2) is 29.8 Å². The minimum absolute atomic E-state index is 0.269. The number of alkyl carbamates (subject to hydrolysis) is 1. The van der Waals surface area contributed by atoms with Gasteiger partial charge >= 0.3 is 6.09 Å². The van der Waals surface area contributed by atoms with Crippen molar-refractivity contribution >= 4 is 6.09 Å². The molecule has 2 atom stereocenters. The van der Waals surface area contributed by atoms with Gasteiger partial charge in [0.05, 0.1) is 0 Å². The van der Waals surface area contributed by atoms with Crippen LogP contribution in [0.2, 0.25) is 0 Å². The van der Waals surface area contributed by atoms with Crippen LogP contribution >= 0.6 is 0 Å². The van der Waals surface area contributed by atoms with Gasteiger partial charge in [-0.25, -0.2) is 4.79 Å². The molecule has 1 amide bonds. The predicted molar refractivity (Wildman–Crippen MR) is 80.8 cm³/mol. The van der Waals surface area contributed by atoms with E-state index >= 15 is 0 Å². The summed E-state index contributed by atoms with van der Waals surface area (Å²) in [4.78, 5) is 11.8. The Labute approximate surface area is 123 Å². The van der Waals surface area contributed by atoms with E-state index in [0.29, 0.717) is 12.1 Å². The van der Waals surface area contributed by atoms with Crippen molar-refractivity contribution in [2.24, 2.45) is 0 Å². The van der Waals surface area contributed by atoms with Crippen LogP contribution in [0.3, 0.4) is 0 Å². The van der Waals surface area contributed by atoms with Crippen LogP contribution in [0.15, 0.2) is 0 Å². The largest absolute Gasteiger partial charge is 0.444 e. The minimum atomic E-state index is -0.414. The first kappa shape index (κ1) is 15.6.